The van der Waals surface area contributed by atoms with Crippen LogP contribution in [0.15, 0.2) is 47.4 Å². The van der Waals surface area contributed by atoms with Gasteiger partial charge in [-0.3, -0.25) is 4.79 Å². The monoisotopic (exact) mass is 502 g/mol. The van der Waals surface area contributed by atoms with Crippen molar-refractivity contribution in [3.63, 3.8) is 0 Å². The van der Waals surface area contributed by atoms with Gasteiger partial charge in [0.05, 0.1) is 17.2 Å². The molecule has 2 aromatic rings. The molecule has 0 radical (unpaired) electrons. The summed E-state index contributed by atoms with van der Waals surface area (Å²) in [6.07, 6.45) is 1.80. The molecular weight excluding hydrogens is 479 g/mol. The van der Waals surface area contributed by atoms with Crippen LogP contribution in [0.3, 0.4) is 0 Å². The molecule has 0 aliphatic carbocycles. The van der Waals surface area contributed by atoms with Crippen molar-refractivity contribution in [2.75, 3.05) is 32.0 Å². The Morgan fingerprint density at radius 1 is 1.06 bits per heavy atom. The van der Waals surface area contributed by atoms with Gasteiger partial charge in [-0.25, -0.2) is 8.42 Å². The minimum Gasteiger partial charge on any atom is -0.492 e. The molecule has 1 N–H and O–H groups in total. The lowest BCUT2D eigenvalue weighted by Crippen LogP contribution is -2.29. The summed E-state index contributed by atoms with van der Waals surface area (Å²) in [7, 11) is -3.42. The number of halogens is 2. The number of nitrogens with one attached hydrogen (secondary N) is 1. The average Bonchev–Trinajstić information content (AvgIpc) is 3.30. The zero-order chi connectivity index (χ0) is 22.3. The normalized spacial score (nSPS) is 14.5. The number of hydrogen-bond acceptors (Lipinski definition) is 5. The fraction of sp³-hybridized carbons (Fsp3) is 0.381. The van der Waals surface area contributed by atoms with E-state index in [1.165, 1.54) is 16.1 Å². The number of nitrogens with zero attached hydrogens (tertiary/aromatic N) is 1. The summed E-state index contributed by atoms with van der Waals surface area (Å²) in [5.41, 5.74) is 0.821. The van der Waals surface area contributed by atoms with Gasteiger partial charge >= 0.3 is 0 Å². The van der Waals surface area contributed by atoms with Crippen LogP contribution in [0.1, 0.15) is 18.4 Å². The molecular formula is C21H24Cl2N2O4S2. The second-order valence-electron chi connectivity index (χ2n) is 6.97. The highest BCUT2D eigenvalue weighted by Gasteiger charge is 2.26. The molecule has 0 saturated carbocycles. The van der Waals surface area contributed by atoms with Crippen LogP contribution >= 0.6 is 35.0 Å². The maximum absolute atomic E-state index is 12.5. The number of carbonyl (C=O) groups excluding carboxylic acids is 1. The smallest absolute Gasteiger partial charge is 0.243 e. The molecule has 0 bridgehead atoms. The van der Waals surface area contributed by atoms with Gasteiger partial charge < -0.3 is 10.1 Å². The van der Waals surface area contributed by atoms with E-state index in [0.29, 0.717) is 41.2 Å². The van der Waals surface area contributed by atoms with Crippen LogP contribution in [0.2, 0.25) is 10.0 Å². The maximum Gasteiger partial charge on any atom is 0.243 e. The van der Waals surface area contributed by atoms with E-state index in [0.717, 1.165) is 18.4 Å². The summed E-state index contributed by atoms with van der Waals surface area (Å²) >= 11 is 13.7. The van der Waals surface area contributed by atoms with Gasteiger partial charge in [0.25, 0.3) is 0 Å². The zero-order valence-electron chi connectivity index (χ0n) is 16.9. The molecule has 10 heteroatoms. The Kier molecular flexibility index (Phi) is 8.92. The highest BCUT2D eigenvalue weighted by Crippen LogP contribution is 2.28. The van der Waals surface area contributed by atoms with Gasteiger partial charge in [-0.2, -0.15) is 4.31 Å². The molecule has 1 aliphatic rings. The molecule has 1 aliphatic heterocycles. The fourth-order valence-electron chi connectivity index (χ4n) is 3.11. The van der Waals surface area contributed by atoms with Crippen LogP contribution in [0, 0.1) is 0 Å². The zero-order valence-corrected chi connectivity index (χ0v) is 20.0. The summed E-state index contributed by atoms with van der Waals surface area (Å²) in [5.74, 6) is 1.28. The molecule has 168 valence electrons. The van der Waals surface area contributed by atoms with Gasteiger partial charge in [0.15, 0.2) is 0 Å². The Labute approximate surface area is 197 Å². The first-order chi connectivity index (χ1) is 14.9. The van der Waals surface area contributed by atoms with E-state index in [1.807, 2.05) is 0 Å². The maximum atomic E-state index is 12.5. The third kappa shape index (κ3) is 6.76. The van der Waals surface area contributed by atoms with Gasteiger partial charge in [0.2, 0.25) is 15.9 Å². The molecule has 0 unspecified atom stereocenters. The first-order valence-electron chi connectivity index (χ1n) is 9.88. The molecule has 1 fully saturated rings. The van der Waals surface area contributed by atoms with Crippen molar-refractivity contribution in [2.45, 2.75) is 23.5 Å². The number of rotatable bonds is 10. The van der Waals surface area contributed by atoms with Crippen molar-refractivity contribution in [1.29, 1.82) is 0 Å². The summed E-state index contributed by atoms with van der Waals surface area (Å²) in [4.78, 5) is 12.2. The SMILES string of the molecule is O=C(CSCc1c(Cl)cccc1Cl)NCCOc1ccc(S(=O)(=O)N2CCCC2)cc1. The van der Waals surface area contributed by atoms with Crippen LogP contribution in [0.5, 0.6) is 5.75 Å². The van der Waals surface area contributed by atoms with Gasteiger partial charge in [-0.05, 0) is 54.8 Å². The quantitative estimate of drug-likeness (QED) is 0.492. The summed E-state index contributed by atoms with van der Waals surface area (Å²) in [6.45, 7) is 1.78. The number of ether oxygens (including phenoxy) is 1. The molecule has 3 rings (SSSR count). The second-order valence-corrected chi connectivity index (χ2v) is 10.7. The summed E-state index contributed by atoms with van der Waals surface area (Å²) in [5, 5.41) is 3.97. The van der Waals surface area contributed by atoms with E-state index in [4.69, 9.17) is 27.9 Å². The van der Waals surface area contributed by atoms with Crippen LogP contribution in [0.4, 0.5) is 0 Å². The Morgan fingerprint density at radius 2 is 1.71 bits per heavy atom. The molecule has 31 heavy (non-hydrogen) atoms. The lowest BCUT2D eigenvalue weighted by atomic mass is 10.2. The van der Waals surface area contributed by atoms with Crippen molar-refractivity contribution in [3.8, 4) is 5.75 Å². The lowest BCUT2D eigenvalue weighted by Gasteiger charge is -2.15. The topological polar surface area (TPSA) is 75.7 Å². The van der Waals surface area contributed by atoms with Gasteiger partial charge in [0.1, 0.15) is 12.4 Å². The number of sulfonamides is 1. The van der Waals surface area contributed by atoms with E-state index < -0.39 is 10.0 Å². The molecule has 2 aromatic carbocycles. The van der Waals surface area contributed by atoms with E-state index >= 15 is 0 Å². The predicted octanol–water partition coefficient (Wildman–Crippen LogP) is 4.21. The van der Waals surface area contributed by atoms with Gasteiger partial charge in [-0.1, -0.05) is 29.3 Å². The minimum absolute atomic E-state index is 0.108. The standard InChI is InChI=1S/C21H24Cl2N2O4S2/c22-19-4-3-5-20(23)18(19)14-30-15-21(26)24-10-13-29-16-6-8-17(9-7-16)31(27,28)25-11-1-2-12-25/h3-9H,1-2,10-15H2,(H,24,26). The molecule has 0 spiro atoms. The van der Waals surface area contributed by atoms with Crippen molar-refractivity contribution in [3.05, 3.63) is 58.1 Å². The number of benzene rings is 2. The first-order valence-corrected chi connectivity index (χ1v) is 13.2. The van der Waals surface area contributed by atoms with Crippen molar-refractivity contribution < 1.29 is 17.9 Å². The number of thioether (sulfide) groups is 1. The Balaban J connectivity index is 1.36. The molecule has 0 aromatic heterocycles. The fourth-order valence-corrected chi connectivity index (χ4v) is 6.22. The van der Waals surface area contributed by atoms with Crippen LogP contribution in [-0.4, -0.2) is 50.6 Å². The lowest BCUT2D eigenvalue weighted by molar-refractivity contribution is -0.118. The molecule has 0 atom stereocenters. The summed E-state index contributed by atoms with van der Waals surface area (Å²) in [6, 6.07) is 11.7. The number of carbonyl (C=O) groups is 1. The van der Waals surface area contributed by atoms with E-state index in [2.05, 4.69) is 5.32 Å². The Morgan fingerprint density at radius 3 is 2.35 bits per heavy atom. The van der Waals surface area contributed by atoms with Crippen molar-refractivity contribution in [1.82, 2.24) is 9.62 Å². The minimum atomic E-state index is -3.42. The molecule has 6 nitrogen and oxygen atoms in total. The first kappa shape index (κ1) is 24.2. The largest absolute Gasteiger partial charge is 0.492 e. The third-order valence-corrected chi connectivity index (χ3v) is 8.34. The van der Waals surface area contributed by atoms with Crippen LogP contribution in [0.25, 0.3) is 0 Å². The second kappa shape index (κ2) is 11.4. The molecule has 1 saturated heterocycles. The number of amides is 1. The van der Waals surface area contributed by atoms with Crippen molar-refractivity contribution >= 4 is 50.9 Å². The van der Waals surface area contributed by atoms with Gasteiger partial charge in [-0.15, -0.1) is 11.8 Å². The highest BCUT2D eigenvalue weighted by atomic mass is 35.5. The van der Waals surface area contributed by atoms with Gasteiger partial charge in [0, 0.05) is 28.9 Å². The van der Waals surface area contributed by atoms with E-state index in [1.54, 1.807) is 42.5 Å². The van der Waals surface area contributed by atoms with E-state index in [9.17, 15) is 13.2 Å². The van der Waals surface area contributed by atoms with Crippen molar-refractivity contribution in [2.24, 2.45) is 0 Å². The average molecular weight is 503 g/mol. The highest BCUT2D eigenvalue weighted by molar-refractivity contribution is 7.99. The molecule has 1 heterocycles. The van der Waals surface area contributed by atoms with Crippen LogP contribution in [-0.2, 0) is 20.6 Å². The Bertz CT molecular complexity index is 975. The van der Waals surface area contributed by atoms with E-state index in [-0.39, 0.29) is 23.2 Å². The molecule has 1 amide bonds. The third-order valence-electron chi connectivity index (χ3n) is 4.76. The summed E-state index contributed by atoms with van der Waals surface area (Å²) < 4.78 is 32.1. The van der Waals surface area contributed by atoms with Crippen LogP contribution < -0.4 is 10.1 Å². The number of hydrogen-bond donors (Lipinski definition) is 1. The predicted molar refractivity (Wildman–Crippen MR) is 126 cm³/mol. The Hall–Kier alpha value is -1.45.